The van der Waals surface area contributed by atoms with Gasteiger partial charge in [-0.05, 0) is 35.0 Å². The number of hydrogen-bond acceptors (Lipinski definition) is 7. The van der Waals surface area contributed by atoms with Crippen molar-refractivity contribution in [2.45, 2.75) is 4.90 Å². The van der Waals surface area contributed by atoms with Crippen LogP contribution < -0.4 is 19.6 Å². The van der Waals surface area contributed by atoms with Gasteiger partial charge in [0.25, 0.3) is 5.91 Å². The molecule has 1 N–H and O–H groups in total. The van der Waals surface area contributed by atoms with E-state index in [0.717, 1.165) is 15.1 Å². The van der Waals surface area contributed by atoms with Gasteiger partial charge in [-0.15, -0.1) is 0 Å². The van der Waals surface area contributed by atoms with Crippen molar-refractivity contribution in [2.24, 2.45) is 5.10 Å². The Morgan fingerprint density at radius 2 is 1.67 bits per heavy atom. The molecular formula is C23H25N3O6S. The summed E-state index contributed by atoms with van der Waals surface area (Å²) in [6, 6.07) is 15.6. The largest absolute Gasteiger partial charge is 0.493 e. The van der Waals surface area contributed by atoms with E-state index in [-0.39, 0.29) is 4.90 Å². The van der Waals surface area contributed by atoms with Gasteiger partial charge in [-0.3, -0.25) is 4.79 Å². The monoisotopic (exact) mass is 471 g/mol. The summed E-state index contributed by atoms with van der Waals surface area (Å²) in [6.45, 7) is -0.407. The van der Waals surface area contributed by atoms with Crippen LogP contribution in [0.2, 0.25) is 0 Å². The third-order valence-corrected chi connectivity index (χ3v) is 6.72. The van der Waals surface area contributed by atoms with Gasteiger partial charge in [0.2, 0.25) is 15.8 Å². The third-order valence-electron chi connectivity index (χ3n) is 4.92. The van der Waals surface area contributed by atoms with Gasteiger partial charge in [0.1, 0.15) is 0 Å². The zero-order valence-corrected chi connectivity index (χ0v) is 19.5. The molecule has 10 heteroatoms. The molecular weight excluding hydrogens is 446 g/mol. The minimum absolute atomic E-state index is 0.107. The summed E-state index contributed by atoms with van der Waals surface area (Å²) in [5.41, 5.74) is 2.86. The average molecular weight is 472 g/mol. The lowest BCUT2D eigenvalue weighted by atomic mass is 10.1. The van der Waals surface area contributed by atoms with Crippen LogP contribution in [0.15, 0.2) is 64.6 Å². The number of nitrogens with one attached hydrogen (secondary N) is 1. The van der Waals surface area contributed by atoms with Crippen LogP contribution in [0.4, 0.5) is 0 Å². The van der Waals surface area contributed by atoms with Crippen molar-refractivity contribution in [1.29, 1.82) is 0 Å². The van der Waals surface area contributed by atoms with Crippen LogP contribution in [0, 0.1) is 0 Å². The Balaban J connectivity index is 1.69. The molecule has 0 atom stereocenters. The van der Waals surface area contributed by atoms with Crippen LogP contribution in [0.25, 0.3) is 10.8 Å². The molecule has 3 rings (SSSR count). The van der Waals surface area contributed by atoms with Crippen molar-refractivity contribution in [3.8, 4) is 17.2 Å². The molecule has 3 aromatic carbocycles. The molecule has 0 heterocycles. The second-order valence-electron chi connectivity index (χ2n) is 6.99. The first-order valence-corrected chi connectivity index (χ1v) is 11.3. The van der Waals surface area contributed by atoms with E-state index >= 15 is 0 Å². The standard InChI is InChI=1S/C23H25N3O6S/c1-26(33(28,29)19-11-9-16-7-5-6-8-17(16)13-19)15-21(27)25-24-14-18-10-12-20(30-2)23(32-4)22(18)31-3/h5-14H,15H2,1-4H3,(H,25,27)/b24-14-. The van der Waals surface area contributed by atoms with Gasteiger partial charge in [-0.2, -0.15) is 9.41 Å². The van der Waals surface area contributed by atoms with E-state index in [9.17, 15) is 13.2 Å². The summed E-state index contributed by atoms with van der Waals surface area (Å²) in [4.78, 5) is 12.4. The quantitative estimate of drug-likeness (QED) is 0.380. The van der Waals surface area contributed by atoms with E-state index < -0.39 is 22.5 Å². The molecule has 33 heavy (non-hydrogen) atoms. The molecule has 0 aliphatic heterocycles. The molecule has 0 unspecified atom stereocenters. The van der Waals surface area contributed by atoms with E-state index in [2.05, 4.69) is 10.5 Å². The van der Waals surface area contributed by atoms with Gasteiger partial charge >= 0.3 is 0 Å². The van der Waals surface area contributed by atoms with Crippen molar-refractivity contribution in [1.82, 2.24) is 9.73 Å². The van der Waals surface area contributed by atoms with Crippen molar-refractivity contribution in [3.63, 3.8) is 0 Å². The normalized spacial score (nSPS) is 11.7. The number of sulfonamides is 1. The predicted molar refractivity (Wildman–Crippen MR) is 126 cm³/mol. The van der Waals surface area contributed by atoms with Gasteiger partial charge in [0.05, 0.1) is 39.0 Å². The topological polar surface area (TPSA) is 107 Å². The number of methoxy groups -OCH3 is 3. The molecule has 0 bridgehead atoms. The Hall–Kier alpha value is -3.63. The summed E-state index contributed by atoms with van der Waals surface area (Å²) in [5.74, 6) is 0.649. The fourth-order valence-corrected chi connectivity index (χ4v) is 4.39. The fourth-order valence-electron chi connectivity index (χ4n) is 3.23. The Bertz CT molecular complexity index is 1290. The lowest BCUT2D eigenvalue weighted by molar-refractivity contribution is -0.121. The Morgan fingerprint density at radius 1 is 0.970 bits per heavy atom. The minimum atomic E-state index is -3.86. The van der Waals surface area contributed by atoms with Gasteiger partial charge in [-0.25, -0.2) is 13.8 Å². The zero-order valence-electron chi connectivity index (χ0n) is 18.7. The Labute approximate surface area is 192 Å². The molecule has 0 radical (unpaired) electrons. The highest BCUT2D eigenvalue weighted by Crippen LogP contribution is 2.38. The second-order valence-corrected chi connectivity index (χ2v) is 9.03. The molecule has 0 aliphatic rings. The third kappa shape index (κ3) is 5.24. The van der Waals surface area contributed by atoms with Gasteiger partial charge in [0.15, 0.2) is 11.5 Å². The van der Waals surface area contributed by atoms with Crippen molar-refractivity contribution in [2.75, 3.05) is 34.9 Å². The maximum atomic E-state index is 12.9. The predicted octanol–water partition coefficient (Wildman–Crippen LogP) is 2.64. The van der Waals surface area contributed by atoms with Crippen LogP contribution in [-0.2, 0) is 14.8 Å². The minimum Gasteiger partial charge on any atom is -0.493 e. The number of carbonyl (C=O) groups excluding carboxylic acids is 1. The van der Waals surface area contributed by atoms with Crippen LogP contribution in [0.5, 0.6) is 17.2 Å². The number of benzene rings is 3. The molecule has 174 valence electrons. The highest BCUT2D eigenvalue weighted by Gasteiger charge is 2.23. The number of fused-ring (bicyclic) bond motifs is 1. The maximum Gasteiger partial charge on any atom is 0.255 e. The van der Waals surface area contributed by atoms with Gasteiger partial charge in [-0.1, -0.05) is 30.3 Å². The number of carbonyl (C=O) groups is 1. The SMILES string of the molecule is COc1ccc(/C=N\NC(=O)CN(C)S(=O)(=O)c2ccc3ccccc3c2)c(OC)c1OC. The molecule has 0 fully saturated rings. The summed E-state index contributed by atoms with van der Waals surface area (Å²) < 4.78 is 42.6. The number of ether oxygens (including phenoxy) is 3. The lowest BCUT2D eigenvalue weighted by Gasteiger charge is -2.16. The number of amides is 1. The molecule has 0 spiro atoms. The van der Waals surface area contributed by atoms with Crippen molar-refractivity contribution >= 4 is 32.9 Å². The zero-order chi connectivity index (χ0) is 24.0. The van der Waals surface area contributed by atoms with Crippen LogP contribution in [-0.4, -0.2) is 59.8 Å². The van der Waals surface area contributed by atoms with E-state index in [0.29, 0.717) is 22.8 Å². The molecule has 1 amide bonds. The first kappa shape index (κ1) is 24.0. The van der Waals surface area contributed by atoms with Crippen molar-refractivity contribution < 1.29 is 27.4 Å². The smallest absolute Gasteiger partial charge is 0.255 e. The first-order valence-electron chi connectivity index (χ1n) is 9.87. The fraction of sp³-hybridized carbons (Fsp3) is 0.217. The molecule has 0 aliphatic carbocycles. The number of hydrazone groups is 1. The highest BCUT2D eigenvalue weighted by molar-refractivity contribution is 7.89. The Morgan fingerprint density at radius 3 is 2.33 bits per heavy atom. The number of nitrogens with zero attached hydrogens (tertiary/aromatic N) is 2. The van der Waals surface area contributed by atoms with E-state index in [1.165, 1.54) is 40.7 Å². The van der Waals surface area contributed by atoms with E-state index in [1.807, 2.05) is 24.3 Å². The summed E-state index contributed by atoms with van der Waals surface area (Å²) in [5, 5.41) is 5.63. The van der Waals surface area contributed by atoms with E-state index in [4.69, 9.17) is 14.2 Å². The first-order chi connectivity index (χ1) is 15.8. The number of likely N-dealkylation sites (N-methyl/N-ethyl adjacent to an activating group) is 1. The van der Waals surface area contributed by atoms with Crippen LogP contribution in [0.1, 0.15) is 5.56 Å². The summed E-state index contributed by atoms with van der Waals surface area (Å²) in [7, 11) is 1.94. The average Bonchev–Trinajstić information content (AvgIpc) is 2.82. The summed E-state index contributed by atoms with van der Waals surface area (Å²) >= 11 is 0. The summed E-state index contributed by atoms with van der Waals surface area (Å²) in [6.07, 6.45) is 1.37. The molecule has 3 aromatic rings. The maximum absolute atomic E-state index is 12.9. The number of rotatable bonds is 9. The molecule has 9 nitrogen and oxygen atoms in total. The van der Waals surface area contributed by atoms with Crippen molar-refractivity contribution in [3.05, 3.63) is 60.2 Å². The molecule has 0 saturated heterocycles. The van der Waals surface area contributed by atoms with Gasteiger partial charge < -0.3 is 14.2 Å². The lowest BCUT2D eigenvalue weighted by Crippen LogP contribution is -2.36. The van der Waals surface area contributed by atoms with E-state index in [1.54, 1.807) is 24.3 Å². The van der Waals surface area contributed by atoms with Crippen LogP contribution >= 0.6 is 0 Å². The van der Waals surface area contributed by atoms with Gasteiger partial charge in [0, 0.05) is 12.6 Å². The highest BCUT2D eigenvalue weighted by atomic mass is 32.2. The Kier molecular flexibility index (Phi) is 7.52. The number of hydrogen-bond donors (Lipinski definition) is 1. The molecule has 0 aromatic heterocycles. The molecule has 0 saturated carbocycles. The van der Waals surface area contributed by atoms with Crippen LogP contribution in [0.3, 0.4) is 0 Å². The second kappa shape index (κ2) is 10.3.